The number of hydrogen-bond donors (Lipinski definition) is 1. The zero-order valence-electron chi connectivity index (χ0n) is 11.4. The van der Waals surface area contributed by atoms with Crippen molar-refractivity contribution < 1.29 is 9.47 Å². The Morgan fingerprint density at radius 1 is 1.26 bits per heavy atom. The number of para-hydroxylation sites is 1. The van der Waals surface area contributed by atoms with Gasteiger partial charge in [-0.05, 0) is 24.6 Å². The molecular weight excluding hydrogens is 264 g/mol. The number of nitrogens with zero attached hydrogens (tertiary/aromatic N) is 1. The smallest absolute Gasteiger partial charge is 0.102 e. The van der Waals surface area contributed by atoms with E-state index in [-0.39, 0.29) is 12.2 Å². The standard InChI is InChI=1S/C14H21ClN2O2/c1-18-12-8-17(9-13(12)19-2)14-10(6-7-16)4-3-5-11(14)15/h3-5,12-13H,6-9,16H2,1-2H3. The van der Waals surface area contributed by atoms with E-state index in [1.165, 1.54) is 5.56 Å². The van der Waals surface area contributed by atoms with Crippen LogP contribution in [0, 0.1) is 0 Å². The molecule has 0 aromatic heterocycles. The van der Waals surface area contributed by atoms with E-state index < -0.39 is 0 Å². The van der Waals surface area contributed by atoms with Gasteiger partial charge in [0.25, 0.3) is 0 Å². The molecule has 19 heavy (non-hydrogen) atoms. The van der Waals surface area contributed by atoms with E-state index in [2.05, 4.69) is 11.0 Å². The van der Waals surface area contributed by atoms with Crippen molar-refractivity contribution in [2.45, 2.75) is 18.6 Å². The van der Waals surface area contributed by atoms with E-state index in [0.717, 1.165) is 30.2 Å². The average Bonchev–Trinajstić information content (AvgIpc) is 2.82. The Morgan fingerprint density at radius 3 is 2.42 bits per heavy atom. The number of ether oxygens (including phenoxy) is 2. The van der Waals surface area contributed by atoms with Crippen molar-refractivity contribution in [2.24, 2.45) is 5.73 Å². The molecular formula is C14H21ClN2O2. The van der Waals surface area contributed by atoms with E-state index in [9.17, 15) is 0 Å². The molecule has 2 unspecified atom stereocenters. The number of hydrogen-bond acceptors (Lipinski definition) is 4. The molecule has 1 aliphatic heterocycles. The molecule has 1 aromatic rings. The minimum atomic E-state index is 0.0759. The molecule has 0 amide bonds. The van der Waals surface area contributed by atoms with Crippen LogP contribution in [0.2, 0.25) is 5.02 Å². The van der Waals surface area contributed by atoms with Crippen LogP contribution in [0.1, 0.15) is 5.56 Å². The SMILES string of the molecule is COC1CN(c2c(Cl)cccc2CCN)CC1OC. The van der Waals surface area contributed by atoms with Crippen LogP contribution < -0.4 is 10.6 Å². The van der Waals surface area contributed by atoms with E-state index in [1.807, 2.05) is 12.1 Å². The molecule has 1 aromatic carbocycles. The van der Waals surface area contributed by atoms with E-state index in [1.54, 1.807) is 14.2 Å². The number of halogens is 1. The van der Waals surface area contributed by atoms with Crippen molar-refractivity contribution in [3.8, 4) is 0 Å². The Kier molecular flexibility index (Phi) is 5.05. The van der Waals surface area contributed by atoms with Crippen molar-refractivity contribution in [1.82, 2.24) is 0 Å². The first kappa shape index (κ1) is 14.6. The molecule has 1 aliphatic rings. The molecule has 1 heterocycles. The molecule has 1 saturated heterocycles. The van der Waals surface area contributed by atoms with Gasteiger partial charge >= 0.3 is 0 Å². The molecule has 106 valence electrons. The highest BCUT2D eigenvalue weighted by atomic mass is 35.5. The Hall–Kier alpha value is -0.810. The van der Waals surface area contributed by atoms with Gasteiger partial charge in [-0.2, -0.15) is 0 Å². The van der Waals surface area contributed by atoms with Gasteiger partial charge in [0.05, 0.1) is 10.7 Å². The molecule has 5 heteroatoms. The molecule has 0 spiro atoms. The van der Waals surface area contributed by atoms with Gasteiger partial charge in [-0.1, -0.05) is 23.7 Å². The normalized spacial score (nSPS) is 23.1. The van der Waals surface area contributed by atoms with Crippen LogP contribution in [0.25, 0.3) is 0 Å². The molecule has 4 nitrogen and oxygen atoms in total. The summed E-state index contributed by atoms with van der Waals surface area (Å²) in [6, 6.07) is 5.96. The third kappa shape index (κ3) is 3.03. The number of rotatable bonds is 5. The van der Waals surface area contributed by atoms with Gasteiger partial charge < -0.3 is 20.1 Å². The number of anilines is 1. The molecule has 0 aliphatic carbocycles. The Balaban J connectivity index is 2.27. The molecule has 1 fully saturated rings. The maximum atomic E-state index is 6.36. The fourth-order valence-corrected chi connectivity index (χ4v) is 2.96. The first-order valence-corrected chi connectivity index (χ1v) is 6.87. The molecule has 2 N–H and O–H groups in total. The topological polar surface area (TPSA) is 47.7 Å². The third-order valence-corrected chi connectivity index (χ3v) is 3.93. The summed E-state index contributed by atoms with van der Waals surface area (Å²) in [5.41, 5.74) is 7.92. The third-order valence-electron chi connectivity index (χ3n) is 3.62. The number of nitrogens with two attached hydrogens (primary N) is 1. The van der Waals surface area contributed by atoms with Gasteiger partial charge in [0.1, 0.15) is 12.2 Å². The predicted molar refractivity (Wildman–Crippen MR) is 78.0 cm³/mol. The monoisotopic (exact) mass is 284 g/mol. The summed E-state index contributed by atoms with van der Waals surface area (Å²) in [5, 5.41) is 0.762. The summed E-state index contributed by atoms with van der Waals surface area (Å²) in [6.07, 6.45) is 0.973. The lowest BCUT2D eigenvalue weighted by Gasteiger charge is -2.23. The summed E-state index contributed by atoms with van der Waals surface area (Å²) in [7, 11) is 3.43. The van der Waals surface area contributed by atoms with Gasteiger partial charge in [-0.15, -0.1) is 0 Å². The van der Waals surface area contributed by atoms with Crippen LogP contribution in [0.3, 0.4) is 0 Å². The molecule has 0 radical (unpaired) electrons. The highest BCUT2D eigenvalue weighted by molar-refractivity contribution is 6.33. The lowest BCUT2D eigenvalue weighted by atomic mass is 10.1. The maximum absolute atomic E-state index is 6.36. The quantitative estimate of drug-likeness (QED) is 0.894. The number of methoxy groups -OCH3 is 2. The van der Waals surface area contributed by atoms with Gasteiger partial charge in [0.15, 0.2) is 0 Å². The molecule has 2 atom stereocenters. The second-order valence-corrected chi connectivity index (χ2v) is 5.15. The van der Waals surface area contributed by atoms with Crippen LogP contribution in [0.5, 0.6) is 0 Å². The van der Waals surface area contributed by atoms with Crippen molar-refractivity contribution in [2.75, 3.05) is 38.8 Å². The summed E-state index contributed by atoms with van der Waals surface area (Å²) in [4.78, 5) is 2.23. The Morgan fingerprint density at radius 2 is 1.89 bits per heavy atom. The van der Waals surface area contributed by atoms with E-state index in [0.29, 0.717) is 6.54 Å². The Bertz CT molecular complexity index is 416. The lowest BCUT2D eigenvalue weighted by Crippen LogP contribution is -2.27. The zero-order chi connectivity index (χ0) is 13.8. The fourth-order valence-electron chi connectivity index (χ4n) is 2.65. The average molecular weight is 285 g/mol. The van der Waals surface area contributed by atoms with Crippen molar-refractivity contribution in [1.29, 1.82) is 0 Å². The van der Waals surface area contributed by atoms with E-state index >= 15 is 0 Å². The number of benzene rings is 1. The second-order valence-electron chi connectivity index (χ2n) is 4.74. The van der Waals surface area contributed by atoms with Gasteiger partial charge in [0.2, 0.25) is 0 Å². The van der Waals surface area contributed by atoms with Crippen LogP contribution in [0.4, 0.5) is 5.69 Å². The molecule has 0 saturated carbocycles. The summed E-state index contributed by atoms with van der Waals surface area (Å²) in [5.74, 6) is 0. The van der Waals surface area contributed by atoms with Gasteiger partial charge in [-0.3, -0.25) is 0 Å². The highest BCUT2D eigenvalue weighted by Gasteiger charge is 2.34. The Labute approximate surface area is 119 Å². The molecule has 2 rings (SSSR count). The second kappa shape index (κ2) is 6.57. The van der Waals surface area contributed by atoms with Crippen LogP contribution in [-0.4, -0.2) is 46.1 Å². The van der Waals surface area contributed by atoms with Gasteiger partial charge in [-0.25, -0.2) is 0 Å². The van der Waals surface area contributed by atoms with Crippen molar-refractivity contribution in [3.05, 3.63) is 28.8 Å². The van der Waals surface area contributed by atoms with Crippen molar-refractivity contribution in [3.63, 3.8) is 0 Å². The lowest BCUT2D eigenvalue weighted by molar-refractivity contribution is -0.00461. The first-order chi connectivity index (χ1) is 9.21. The minimum Gasteiger partial charge on any atom is -0.377 e. The highest BCUT2D eigenvalue weighted by Crippen LogP contribution is 2.33. The first-order valence-electron chi connectivity index (χ1n) is 6.49. The summed E-state index contributed by atoms with van der Waals surface area (Å²) < 4.78 is 10.9. The maximum Gasteiger partial charge on any atom is 0.102 e. The van der Waals surface area contributed by atoms with E-state index in [4.69, 9.17) is 26.8 Å². The van der Waals surface area contributed by atoms with Crippen LogP contribution in [-0.2, 0) is 15.9 Å². The predicted octanol–water partition coefficient (Wildman–Crippen LogP) is 1.69. The summed E-state index contributed by atoms with van der Waals surface area (Å²) >= 11 is 6.36. The fraction of sp³-hybridized carbons (Fsp3) is 0.571. The van der Waals surface area contributed by atoms with Gasteiger partial charge in [0, 0.05) is 27.3 Å². The molecule has 0 bridgehead atoms. The minimum absolute atomic E-state index is 0.0759. The van der Waals surface area contributed by atoms with Crippen LogP contribution >= 0.6 is 11.6 Å². The summed E-state index contributed by atoms with van der Waals surface area (Å²) in [6.45, 7) is 2.19. The largest absolute Gasteiger partial charge is 0.377 e. The van der Waals surface area contributed by atoms with Crippen LogP contribution in [0.15, 0.2) is 18.2 Å². The van der Waals surface area contributed by atoms with Crippen molar-refractivity contribution >= 4 is 17.3 Å². The zero-order valence-corrected chi connectivity index (χ0v) is 12.2.